The van der Waals surface area contributed by atoms with Crippen LogP contribution in [0.1, 0.15) is 126 Å². The summed E-state index contributed by atoms with van der Waals surface area (Å²) < 4.78 is 110. The molecule has 6 aromatic rings. The summed E-state index contributed by atoms with van der Waals surface area (Å²) in [5.41, 5.74) is 1.64. The number of rotatable bonds is 27. The number of anilines is 1. The molecule has 0 bridgehead atoms. The summed E-state index contributed by atoms with van der Waals surface area (Å²) in [5, 5.41) is 21.6. The summed E-state index contributed by atoms with van der Waals surface area (Å²) in [5.74, 6) is -1.65. The minimum Gasteiger partial charge on any atom is -0.465 e. The van der Waals surface area contributed by atoms with Crippen LogP contribution < -0.4 is 4.90 Å². The Hall–Kier alpha value is -7.73. The Morgan fingerprint density at radius 1 is 0.691 bits per heavy atom. The van der Waals surface area contributed by atoms with Crippen molar-refractivity contribution < 1.29 is 69.6 Å². The van der Waals surface area contributed by atoms with E-state index in [0.717, 1.165) is 84.7 Å². The fourth-order valence-corrected chi connectivity index (χ4v) is 14.5. The lowest BCUT2D eigenvalue weighted by Crippen LogP contribution is -2.50. The molecule has 0 radical (unpaired) electrons. The van der Waals surface area contributed by atoms with Crippen LogP contribution in [0, 0.1) is 5.82 Å². The zero-order valence-electron chi connectivity index (χ0n) is 55.4. The van der Waals surface area contributed by atoms with E-state index in [0.29, 0.717) is 107 Å². The third-order valence-corrected chi connectivity index (χ3v) is 20.2. The molecular weight excluding hydrogens is 1260 g/mol. The first-order valence-electron chi connectivity index (χ1n) is 33.6. The molecule has 1 aliphatic carbocycles. The van der Waals surface area contributed by atoms with Gasteiger partial charge in [0.15, 0.2) is 0 Å². The topological polar surface area (TPSA) is 150 Å². The number of carbonyl (C=O) groups excluding carboxylic acids is 3. The van der Waals surface area contributed by atoms with E-state index in [9.17, 15) is 60.1 Å². The quantitative estimate of drug-likeness (QED) is 0.0375. The molecule has 97 heavy (non-hydrogen) atoms. The van der Waals surface area contributed by atoms with Gasteiger partial charge < -0.3 is 49.1 Å². The summed E-state index contributed by atoms with van der Waals surface area (Å²) in [6.45, 7) is 5.78. The highest BCUT2D eigenvalue weighted by atomic mass is 19.4. The van der Waals surface area contributed by atoms with E-state index in [-0.39, 0.29) is 49.6 Å². The summed E-state index contributed by atoms with van der Waals surface area (Å²) in [6.07, 6.45) is -4.40. The number of para-hydroxylation sites is 1. The van der Waals surface area contributed by atoms with Crippen LogP contribution in [0.15, 0.2) is 146 Å². The Morgan fingerprint density at radius 3 is 2.01 bits per heavy atom. The van der Waals surface area contributed by atoms with Gasteiger partial charge in [-0.05, 0) is 161 Å². The summed E-state index contributed by atoms with van der Waals surface area (Å²) in [7, 11) is 5.67. The molecular formula is C75H88F7N7O8. The number of nitrogens with zero attached hydrogens (tertiary/aromatic N) is 7. The number of carboxylic acid groups (broad SMARTS) is 1. The van der Waals surface area contributed by atoms with Crippen molar-refractivity contribution in [2.75, 3.05) is 105 Å². The van der Waals surface area contributed by atoms with E-state index in [1.54, 1.807) is 11.9 Å². The average Bonchev–Trinajstić information content (AvgIpc) is 1.61. The maximum Gasteiger partial charge on any atom is 0.416 e. The van der Waals surface area contributed by atoms with Crippen molar-refractivity contribution >= 4 is 29.5 Å². The van der Waals surface area contributed by atoms with Crippen LogP contribution in [0.2, 0.25) is 0 Å². The van der Waals surface area contributed by atoms with Crippen LogP contribution >= 0.6 is 0 Å². The minimum atomic E-state index is -5.15. The molecule has 2 N–H and O–H groups in total. The van der Waals surface area contributed by atoms with E-state index in [4.69, 9.17) is 9.47 Å². The number of halogens is 7. The first-order valence-corrected chi connectivity index (χ1v) is 33.6. The first kappa shape index (κ1) is 72.0. The van der Waals surface area contributed by atoms with Crippen LogP contribution in [0.25, 0.3) is 11.1 Å². The molecule has 10 rings (SSSR count). The van der Waals surface area contributed by atoms with Crippen molar-refractivity contribution in [3.63, 3.8) is 0 Å². The number of hydrogen-bond acceptors (Lipinski definition) is 10. The summed E-state index contributed by atoms with van der Waals surface area (Å²) in [4.78, 5) is 66.0. The lowest BCUT2D eigenvalue weighted by molar-refractivity contribution is -0.143. The van der Waals surface area contributed by atoms with Crippen LogP contribution in [0.4, 0.5) is 41.2 Å². The molecule has 3 heterocycles. The van der Waals surface area contributed by atoms with Crippen LogP contribution in [-0.2, 0) is 55.4 Å². The molecule has 3 aliphatic heterocycles. The molecule has 520 valence electrons. The van der Waals surface area contributed by atoms with Gasteiger partial charge in [0.2, 0.25) is 11.8 Å². The number of carbonyl (C=O) groups is 4. The van der Waals surface area contributed by atoms with Gasteiger partial charge in [-0.1, -0.05) is 116 Å². The highest BCUT2D eigenvalue weighted by Gasteiger charge is 2.50. The molecule has 4 aliphatic rings. The van der Waals surface area contributed by atoms with Crippen LogP contribution in [0.3, 0.4) is 0 Å². The molecule has 4 amide bonds. The molecule has 3 atom stereocenters. The van der Waals surface area contributed by atoms with Gasteiger partial charge in [0.05, 0.1) is 35.6 Å². The Balaban J connectivity index is 0.615. The van der Waals surface area contributed by atoms with Crippen molar-refractivity contribution in [1.82, 2.24) is 29.4 Å². The largest absolute Gasteiger partial charge is 0.465 e. The highest BCUT2D eigenvalue weighted by molar-refractivity contribution is 5.95. The Labute approximate surface area is 563 Å². The van der Waals surface area contributed by atoms with Gasteiger partial charge in [0.25, 0.3) is 5.91 Å². The van der Waals surface area contributed by atoms with Gasteiger partial charge in [0, 0.05) is 88.9 Å². The maximum absolute atomic E-state index is 14.2. The van der Waals surface area contributed by atoms with Gasteiger partial charge in [0.1, 0.15) is 24.8 Å². The number of piperidine rings is 2. The van der Waals surface area contributed by atoms with Crippen molar-refractivity contribution in [1.29, 1.82) is 0 Å². The second kappa shape index (κ2) is 31.9. The predicted molar refractivity (Wildman–Crippen MR) is 356 cm³/mol. The SMILES string of the molecule is CN(CCCCCC(=O)N(C)CCN1CCC(N(C(=O)O)c2ccccc2-c2ccccc2)CC1)Cc1ccc(C(O)CCCN(C)C(=O)CO[C@H]2Cc3ccccc3C23CCN(CC[C@@]2(c4ccc(F)cc4)CN(C(=O)c4cc(C(F)(F)F)cc(C(F)(F)F)c4)CO2)CC3)cc1. The first-order chi connectivity index (χ1) is 46.4. The highest BCUT2D eigenvalue weighted by Crippen LogP contribution is 2.49. The van der Waals surface area contributed by atoms with E-state index >= 15 is 0 Å². The smallest absolute Gasteiger partial charge is 0.416 e. The van der Waals surface area contributed by atoms with Crippen molar-refractivity contribution in [2.45, 2.75) is 125 Å². The number of ether oxygens (including phenoxy) is 2. The van der Waals surface area contributed by atoms with Crippen LogP contribution in [0.5, 0.6) is 0 Å². The molecule has 6 aromatic carbocycles. The summed E-state index contributed by atoms with van der Waals surface area (Å²) in [6, 6.07) is 39.8. The molecule has 3 saturated heterocycles. The van der Waals surface area contributed by atoms with E-state index < -0.39 is 70.7 Å². The molecule has 3 fully saturated rings. The average molecular weight is 1350 g/mol. The number of amides is 4. The Kier molecular flexibility index (Phi) is 23.7. The number of fused-ring (bicyclic) bond motifs is 2. The van der Waals surface area contributed by atoms with Crippen molar-refractivity contribution in [2.24, 2.45) is 0 Å². The van der Waals surface area contributed by atoms with Gasteiger partial charge in [-0.25, -0.2) is 9.18 Å². The van der Waals surface area contributed by atoms with E-state index in [1.807, 2.05) is 103 Å². The molecule has 22 heteroatoms. The lowest BCUT2D eigenvalue weighted by atomic mass is 9.72. The van der Waals surface area contributed by atoms with E-state index in [2.05, 4.69) is 33.9 Å². The number of benzene rings is 6. The van der Waals surface area contributed by atoms with Crippen molar-refractivity contribution in [3.05, 3.63) is 196 Å². The van der Waals surface area contributed by atoms with Crippen molar-refractivity contribution in [3.8, 4) is 11.1 Å². The Morgan fingerprint density at radius 2 is 1.33 bits per heavy atom. The van der Waals surface area contributed by atoms with E-state index in [1.165, 1.54) is 34.7 Å². The number of hydrogen-bond donors (Lipinski definition) is 2. The zero-order valence-corrected chi connectivity index (χ0v) is 55.4. The fourth-order valence-electron chi connectivity index (χ4n) is 14.5. The number of aliphatic hydroxyl groups excluding tert-OH is 1. The van der Waals surface area contributed by atoms with Gasteiger partial charge in [-0.2, -0.15) is 26.3 Å². The number of aliphatic hydroxyl groups is 1. The zero-order chi connectivity index (χ0) is 69.1. The molecule has 0 aromatic heterocycles. The molecule has 15 nitrogen and oxygen atoms in total. The van der Waals surface area contributed by atoms with Crippen LogP contribution in [-0.4, -0.2) is 176 Å². The monoisotopic (exact) mass is 1350 g/mol. The third kappa shape index (κ3) is 18.0. The van der Waals surface area contributed by atoms with Gasteiger partial charge in [-0.15, -0.1) is 0 Å². The lowest BCUT2D eigenvalue weighted by Gasteiger charge is -2.44. The summed E-state index contributed by atoms with van der Waals surface area (Å²) >= 11 is 0. The number of unbranched alkanes of at least 4 members (excludes halogenated alkanes) is 2. The maximum atomic E-state index is 14.2. The fraction of sp³-hybridized carbons (Fsp3) is 0.467. The molecule has 1 unspecified atom stereocenters. The second-order valence-corrected chi connectivity index (χ2v) is 26.7. The number of likely N-dealkylation sites (tertiary alicyclic amines) is 2. The Bertz CT molecular complexity index is 3590. The number of alkyl halides is 6. The normalized spacial score (nSPS) is 18.7. The predicted octanol–water partition coefficient (Wildman–Crippen LogP) is 13.3. The standard InChI is InChI=1S/C75H88F7N7O8/c1-83(36-13-5-8-22-68(91)85(3)43-44-86-38-31-62(32-39-86)89(71(94)95)65-20-12-10-18-63(65)54-15-6-4-7-16-54)49-53-23-25-55(26-24-53)66(90)21-14-37-84(2)69(92)50-96-67-47-56-17-9-11-19-64(56)72(67)33-40-87(41-34-72)42-35-73(58-27-29-61(76)30-28-58)51-88(52-97-73)70(93)57-45-59(74(77,78)79)48-60(46-57)75(80,81)82/h4,6-7,9-12,15-20,23-30,45-46,48,62,66-67,90H,5,8,13-14,21-22,31-44,47,49-52H2,1-3H3,(H,94,95)/t66?,67-,73-/m0/s1. The second-order valence-electron chi connectivity index (χ2n) is 26.7. The third-order valence-electron chi connectivity index (χ3n) is 20.2. The molecule has 1 spiro atoms. The minimum absolute atomic E-state index is 0.0264. The van der Waals surface area contributed by atoms with Gasteiger partial charge >= 0.3 is 18.4 Å². The molecule has 0 saturated carbocycles. The van der Waals surface area contributed by atoms with Gasteiger partial charge in [-0.3, -0.25) is 19.3 Å². The number of likely N-dealkylation sites (N-methyl/N-ethyl adjacent to an activating group) is 2.